The van der Waals surface area contributed by atoms with Gasteiger partial charge in [-0.25, -0.2) is 0 Å². The third-order valence-corrected chi connectivity index (χ3v) is 5.58. The molecule has 0 fully saturated rings. The van der Waals surface area contributed by atoms with Crippen LogP contribution < -0.4 is 4.74 Å². The average Bonchev–Trinajstić information content (AvgIpc) is 3.16. The van der Waals surface area contributed by atoms with Crippen LogP contribution in [0.25, 0.3) is 22.2 Å². The van der Waals surface area contributed by atoms with Gasteiger partial charge in [0.15, 0.2) is 11.6 Å². The maximum atomic E-state index is 13.4. The van der Waals surface area contributed by atoms with Gasteiger partial charge in [-0.15, -0.1) is 0 Å². The highest BCUT2D eigenvalue weighted by Crippen LogP contribution is 2.29. The summed E-state index contributed by atoms with van der Waals surface area (Å²) in [4.78, 5) is 30.6. The highest BCUT2D eigenvalue weighted by molar-refractivity contribution is 6.16. The van der Waals surface area contributed by atoms with Gasteiger partial charge in [0.1, 0.15) is 5.75 Å². The van der Waals surface area contributed by atoms with Crippen LogP contribution in [0.3, 0.4) is 0 Å². The van der Waals surface area contributed by atoms with Crippen molar-refractivity contribution >= 4 is 22.5 Å². The molecule has 5 nitrogen and oxygen atoms in total. The molecule has 0 spiro atoms. The SMILES string of the molecule is C.COc1ccc2c(C(=O)c3ccc(-c4ccccc4)nc3)cn(CC(=O)C(C)(C)C)c2c1. The largest absolute Gasteiger partial charge is 0.497 e. The standard InChI is InChI=1S/C27H26N2O3.CH4/c1-27(2,3)25(30)17-29-16-22(21-12-11-20(32-4)14-24(21)29)26(31)19-10-13-23(28-15-19)18-8-6-5-7-9-18;/h5-16H,17H2,1-4H3;1H4. The number of fused-ring (bicyclic) bond motifs is 1. The molecule has 0 aliphatic rings. The van der Waals surface area contributed by atoms with E-state index in [-0.39, 0.29) is 25.5 Å². The van der Waals surface area contributed by atoms with Gasteiger partial charge in [0.25, 0.3) is 0 Å². The lowest BCUT2D eigenvalue weighted by atomic mass is 9.91. The molecular weight excluding hydrogens is 412 g/mol. The quantitative estimate of drug-likeness (QED) is 0.334. The predicted octanol–water partition coefficient (Wildman–Crippen LogP) is 6.19. The zero-order chi connectivity index (χ0) is 22.9. The summed E-state index contributed by atoms with van der Waals surface area (Å²) in [5.41, 5.74) is 3.16. The van der Waals surface area contributed by atoms with Gasteiger partial charge < -0.3 is 9.30 Å². The molecule has 0 aliphatic heterocycles. The van der Waals surface area contributed by atoms with E-state index in [4.69, 9.17) is 4.74 Å². The van der Waals surface area contributed by atoms with E-state index in [1.165, 1.54) is 0 Å². The lowest BCUT2D eigenvalue weighted by molar-refractivity contribution is -0.126. The molecule has 2 aromatic heterocycles. The van der Waals surface area contributed by atoms with E-state index in [1.54, 1.807) is 25.6 Å². The Kier molecular flexibility index (Phi) is 6.82. The summed E-state index contributed by atoms with van der Waals surface area (Å²) in [6, 6.07) is 19.0. The van der Waals surface area contributed by atoms with Crippen molar-refractivity contribution in [3.05, 3.63) is 84.2 Å². The lowest BCUT2D eigenvalue weighted by Crippen LogP contribution is -2.24. The number of hydrogen-bond donors (Lipinski definition) is 0. The molecular formula is C28H30N2O3. The first-order valence-electron chi connectivity index (χ1n) is 10.5. The monoisotopic (exact) mass is 442 g/mol. The second-order valence-electron chi connectivity index (χ2n) is 8.85. The number of Topliss-reactive ketones (excluding diaryl/α,β-unsaturated/α-hetero) is 1. The lowest BCUT2D eigenvalue weighted by Gasteiger charge is -2.17. The van der Waals surface area contributed by atoms with Gasteiger partial charge in [-0.2, -0.15) is 0 Å². The summed E-state index contributed by atoms with van der Waals surface area (Å²) < 4.78 is 7.20. The Labute approximate surface area is 195 Å². The number of benzene rings is 2. The molecule has 5 heteroatoms. The van der Waals surface area contributed by atoms with Crippen LogP contribution in [-0.4, -0.2) is 28.2 Å². The van der Waals surface area contributed by atoms with Crippen LogP contribution in [0.2, 0.25) is 0 Å². The normalized spacial score (nSPS) is 11.2. The molecule has 4 rings (SSSR count). The van der Waals surface area contributed by atoms with E-state index in [9.17, 15) is 9.59 Å². The molecule has 0 N–H and O–H groups in total. The average molecular weight is 443 g/mol. The van der Waals surface area contributed by atoms with Gasteiger partial charge in [0.2, 0.25) is 0 Å². The first-order chi connectivity index (χ1) is 15.3. The van der Waals surface area contributed by atoms with Crippen LogP contribution in [0.1, 0.15) is 44.1 Å². The molecule has 2 aromatic carbocycles. The summed E-state index contributed by atoms with van der Waals surface area (Å²) in [6.07, 6.45) is 3.37. The fourth-order valence-corrected chi connectivity index (χ4v) is 3.57. The molecule has 4 aromatic rings. The Morgan fingerprint density at radius 2 is 1.73 bits per heavy atom. The molecule has 0 aliphatic carbocycles. The topological polar surface area (TPSA) is 61.2 Å². The van der Waals surface area contributed by atoms with Gasteiger partial charge in [0.05, 0.1) is 24.9 Å². The van der Waals surface area contributed by atoms with Gasteiger partial charge in [-0.3, -0.25) is 14.6 Å². The molecule has 33 heavy (non-hydrogen) atoms. The minimum atomic E-state index is -0.475. The summed E-state index contributed by atoms with van der Waals surface area (Å²) in [7, 11) is 1.60. The molecule has 2 heterocycles. The molecule has 0 bridgehead atoms. The molecule has 0 saturated carbocycles. The van der Waals surface area contributed by atoms with Gasteiger partial charge in [-0.05, 0) is 24.3 Å². The van der Waals surface area contributed by atoms with Gasteiger partial charge in [-0.1, -0.05) is 58.5 Å². The zero-order valence-electron chi connectivity index (χ0n) is 18.8. The second-order valence-corrected chi connectivity index (χ2v) is 8.85. The van der Waals surface area contributed by atoms with E-state index in [2.05, 4.69) is 4.98 Å². The first-order valence-corrected chi connectivity index (χ1v) is 10.5. The summed E-state index contributed by atoms with van der Waals surface area (Å²) in [5, 5.41) is 0.782. The molecule has 0 amide bonds. The van der Waals surface area contributed by atoms with Crippen LogP contribution in [0, 0.1) is 5.41 Å². The van der Waals surface area contributed by atoms with Crippen molar-refractivity contribution in [1.29, 1.82) is 0 Å². The fourth-order valence-electron chi connectivity index (χ4n) is 3.57. The Morgan fingerprint density at radius 1 is 1.00 bits per heavy atom. The number of rotatable bonds is 6. The minimum Gasteiger partial charge on any atom is -0.497 e. The number of ketones is 2. The van der Waals surface area contributed by atoms with Crippen LogP contribution in [-0.2, 0) is 11.3 Å². The minimum absolute atomic E-state index is 0. The fraction of sp³-hybridized carbons (Fsp3) is 0.250. The molecule has 0 saturated heterocycles. The summed E-state index contributed by atoms with van der Waals surface area (Å²) in [5.74, 6) is 0.632. The van der Waals surface area contributed by atoms with E-state index in [0.717, 1.165) is 22.2 Å². The number of carbonyl (C=O) groups is 2. The number of hydrogen-bond acceptors (Lipinski definition) is 4. The van der Waals surface area contributed by atoms with E-state index in [1.807, 2.05) is 79.9 Å². The van der Waals surface area contributed by atoms with Crippen LogP contribution in [0.4, 0.5) is 0 Å². The van der Waals surface area contributed by atoms with Crippen molar-refractivity contribution in [3.8, 4) is 17.0 Å². The van der Waals surface area contributed by atoms with E-state index >= 15 is 0 Å². The number of nitrogens with zero attached hydrogens (tertiary/aromatic N) is 2. The van der Waals surface area contributed by atoms with Crippen molar-refractivity contribution in [3.63, 3.8) is 0 Å². The molecule has 170 valence electrons. The van der Waals surface area contributed by atoms with Crippen molar-refractivity contribution in [2.75, 3.05) is 7.11 Å². The van der Waals surface area contributed by atoms with Crippen LogP contribution in [0.5, 0.6) is 5.75 Å². The van der Waals surface area contributed by atoms with E-state index in [0.29, 0.717) is 16.9 Å². The molecule has 0 unspecified atom stereocenters. The van der Waals surface area contributed by atoms with Crippen molar-refractivity contribution in [2.24, 2.45) is 5.41 Å². The molecule has 0 atom stereocenters. The Hall–Kier alpha value is -3.73. The molecule has 0 radical (unpaired) electrons. The zero-order valence-corrected chi connectivity index (χ0v) is 18.8. The predicted molar refractivity (Wildman–Crippen MR) is 133 cm³/mol. The number of pyridine rings is 1. The Bertz CT molecular complexity index is 1280. The van der Waals surface area contributed by atoms with Crippen molar-refractivity contribution in [2.45, 2.75) is 34.7 Å². The third kappa shape index (κ3) is 4.87. The smallest absolute Gasteiger partial charge is 0.196 e. The Morgan fingerprint density at radius 3 is 2.33 bits per heavy atom. The number of carbonyl (C=O) groups excluding carboxylic acids is 2. The number of aromatic nitrogens is 2. The highest BCUT2D eigenvalue weighted by Gasteiger charge is 2.24. The van der Waals surface area contributed by atoms with Gasteiger partial charge >= 0.3 is 0 Å². The van der Waals surface area contributed by atoms with Crippen LogP contribution in [0.15, 0.2) is 73.1 Å². The maximum absolute atomic E-state index is 13.4. The second kappa shape index (κ2) is 9.41. The summed E-state index contributed by atoms with van der Waals surface area (Å²) in [6.45, 7) is 5.88. The van der Waals surface area contributed by atoms with Gasteiger partial charge in [0, 0.05) is 46.0 Å². The number of ether oxygens (including phenoxy) is 1. The van der Waals surface area contributed by atoms with Crippen LogP contribution >= 0.6 is 0 Å². The first kappa shape index (κ1) is 23.9. The maximum Gasteiger partial charge on any atom is 0.196 e. The number of methoxy groups -OCH3 is 1. The highest BCUT2D eigenvalue weighted by atomic mass is 16.5. The Balaban J connectivity index is 0.00000306. The van der Waals surface area contributed by atoms with Crippen molar-refractivity contribution < 1.29 is 14.3 Å². The van der Waals surface area contributed by atoms with E-state index < -0.39 is 5.41 Å². The van der Waals surface area contributed by atoms with Crippen molar-refractivity contribution in [1.82, 2.24) is 9.55 Å². The summed E-state index contributed by atoms with van der Waals surface area (Å²) >= 11 is 0. The third-order valence-electron chi connectivity index (χ3n) is 5.58.